The number of nitrogens with zero attached hydrogens (tertiary/aromatic N) is 2. The van der Waals surface area contributed by atoms with Crippen molar-refractivity contribution >= 4 is 5.91 Å². The van der Waals surface area contributed by atoms with E-state index in [-0.39, 0.29) is 11.3 Å². The fourth-order valence-electron chi connectivity index (χ4n) is 3.34. The molecule has 0 aromatic carbocycles. The van der Waals surface area contributed by atoms with Gasteiger partial charge in [-0.25, -0.2) is 0 Å². The van der Waals surface area contributed by atoms with Gasteiger partial charge in [-0.1, -0.05) is 6.42 Å². The van der Waals surface area contributed by atoms with Crippen molar-refractivity contribution in [1.82, 2.24) is 9.80 Å². The van der Waals surface area contributed by atoms with Crippen LogP contribution < -0.4 is 5.73 Å². The maximum absolute atomic E-state index is 12.4. The summed E-state index contributed by atoms with van der Waals surface area (Å²) in [5, 5.41) is 0. The molecule has 2 rings (SSSR count). The molecule has 4 nitrogen and oxygen atoms in total. The van der Waals surface area contributed by atoms with Crippen molar-refractivity contribution in [3.05, 3.63) is 0 Å². The standard InChI is InChI=1S/C15H29N3O/c1-17-9-4-13(5-10-17)6-11-18(2)14(19)15(12-16)7-3-8-15/h13H,3-12,16H2,1-2H3. The molecule has 1 heterocycles. The van der Waals surface area contributed by atoms with Crippen LogP contribution in [0.5, 0.6) is 0 Å². The van der Waals surface area contributed by atoms with Crippen molar-refractivity contribution in [1.29, 1.82) is 0 Å². The lowest BCUT2D eigenvalue weighted by Gasteiger charge is -2.42. The first-order valence-electron chi connectivity index (χ1n) is 7.71. The zero-order valence-corrected chi connectivity index (χ0v) is 12.5. The molecule has 0 radical (unpaired) electrons. The number of carbonyl (C=O) groups excluding carboxylic acids is 1. The minimum absolute atomic E-state index is 0.207. The van der Waals surface area contributed by atoms with E-state index in [1.807, 2.05) is 11.9 Å². The summed E-state index contributed by atoms with van der Waals surface area (Å²) in [7, 11) is 4.14. The predicted molar refractivity (Wildman–Crippen MR) is 77.8 cm³/mol. The molecule has 2 N–H and O–H groups in total. The Labute approximate surface area is 117 Å². The molecule has 19 heavy (non-hydrogen) atoms. The SMILES string of the molecule is CN1CCC(CCN(C)C(=O)C2(CN)CCC2)CC1. The quantitative estimate of drug-likeness (QED) is 0.817. The highest BCUT2D eigenvalue weighted by atomic mass is 16.2. The van der Waals surface area contributed by atoms with E-state index in [1.165, 1.54) is 25.9 Å². The second-order valence-corrected chi connectivity index (χ2v) is 6.60. The second kappa shape index (κ2) is 6.23. The van der Waals surface area contributed by atoms with E-state index in [9.17, 15) is 4.79 Å². The highest BCUT2D eigenvalue weighted by Gasteiger charge is 2.44. The van der Waals surface area contributed by atoms with E-state index >= 15 is 0 Å². The first-order valence-corrected chi connectivity index (χ1v) is 7.71. The van der Waals surface area contributed by atoms with Crippen molar-refractivity contribution in [2.24, 2.45) is 17.1 Å². The Kier molecular flexibility index (Phi) is 4.85. The van der Waals surface area contributed by atoms with E-state index < -0.39 is 0 Å². The maximum Gasteiger partial charge on any atom is 0.229 e. The number of carbonyl (C=O) groups is 1. The van der Waals surface area contributed by atoms with E-state index in [0.717, 1.165) is 38.1 Å². The summed E-state index contributed by atoms with van der Waals surface area (Å²) >= 11 is 0. The Morgan fingerprint density at radius 1 is 1.37 bits per heavy atom. The minimum atomic E-state index is -0.207. The van der Waals surface area contributed by atoms with Gasteiger partial charge in [0.25, 0.3) is 0 Å². The summed E-state index contributed by atoms with van der Waals surface area (Å²) in [6, 6.07) is 0. The van der Waals surface area contributed by atoms with Crippen LogP contribution in [0.4, 0.5) is 0 Å². The Morgan fingerprint density at radius 3 is 2.47 bits per heavy atom. The molecular formula is C15H29N3O. The third-order valence-electron chi connectivity index (χ3n) is 5.21. The normalized spacial score (nSPS) is 23.9. The van der Waals surface area contributed by atoms with Gasteiger partial charge >= 0.3 is 0 Å². The van der Waals surface area contributed by atoms with Gasteiger partial charge in [0.1, 0.15) is 0 Å². The predicted octanol–water partition coefficient (Wildman–Crippen LogP) is 1.31. The van der Waals surface area contributed by atoms with Crippen LogP contribution >= 0.6 is 0 Å². The molecular weight excluding hydrogens is 238 g/mol. The van der Waals surface area contributed by atoms with Crippen LogP contribution in [0.1, 0.15) is 38.5 Å². The van der Waals surface area contributed by atoms with Gasteiger partial charge in [0, 0.05) is 20.1 Å². The maximum atomic E-state index is 12.4. The van der Waals surface area contributed by atoms with E-state index in [0.29, 0.717) is 6.54 Å². The molecule has 1 aliphatic heterocycles. The van der Waals surface area contributed by atoms with Gasteiger partial charge in [0.05, 0.1) is 5.41 Å². The van der Waals surface area contributed by atoms with E-state index in [2.05, 4.69) is 11.9 Å². The number of likely N-dealkylation sites (tertiary alicyclic amines) is 1. The molecule has 2 fully saturated rings. The van der Waals surface area contributed by atoms with Crippen molar-refractivity contribution in [2.45, 2.75) is 38.5 Å². The number of hydrogen-bond acceptors (Lipinski definition) is 3. The smallest absolute Gasteiger partial charge is 0.229 e. The van der Waals surface area contributed by atoms with Crippen molar-refractivity contribution < 1.29 is 4.79 Å². The molecule has 4 heteroatoms. The van der Waals surface area contributed by atoms with Gasteiger partial charge < -0.3 is 15.5 Å². The zero-order chi connectivity index (χ0) is 13.9. The Balaban J connectivity index is 1.75. The molecule has 0 spiro atoms. The fraction of sp³-hybridized carbons (Fsp3) is 0.933. The van der Waals surface area contributed by atoms with Crippen LogP contribution in [-0.4, -0.2) is 56.0 Å². The minimum Gasteiger partial charge on any atom is -0.345 e. The third-order valence-corrected chi connectivity index (χ3v) is 5.21. The summed E-state index contributed by atoms with van der Waals surface area (Å²) in [5.41, 5.74) is 5.60. The van der Waals surface area contributed by atoms with Crippen LogP contribution in [0.2, 0.25) is 0 Å². The average Bonchev–Trinajstić information content (AvgIpc) is 2.37. The molecule has 110 valence electrons. The van der Waals surface area contributed by atoms with Gasteiger partial charge in [0.15, 0.2) is 0 Å². The van der Waals surface area contributed by atoms with Crippen LogP contribution in [0, 0.1) is 11.3 Å². The van der Waals surface area contributed by atoms with Gasteiger partial charge in [-0.15, -0.1) is 0 Å². The number of hydrogen-bond donors (Lipinski definition) is 1. The van der Waals surface area contributed by atoms with Crippen LogP contribution in [0.15, 0.2) is 0 Å². The molecule has 1 aliphatic carbocycles. The lowest BCUT2D eigenvalue weighted by atomic mass is 9.68. The summed E-state index contributed by atoms with van der Waals surface area (Å²) < 4.78 is 0. The van der Waals surface area contributed by atoms with Gasteiger partial charge in [-0.3, -0.25) is 4.79 Å². The van der Waals surface area contributed by atoms with Crippen LogP contribution in [0.25, 0.3) is 0 Å². The van der Waals surface area contributed by atoms with Crippen LogP contribution in [-0.2, 0) is 4.79 Å². The molecule has 0 unspecified atom stereocenters. The molecule has 1 saturated carbocycles. The van der Waals surface area contributed by atoms with Gasteiger partial charge in [-0.2, -0.15) is 0 Å². The lowest BCUT2D eigenvalue weighted by molar-refractivity contribution is -0.145. The van der Waals surface area contributed by atoms with Crippen molar-refractivity contribution in [3.63, 3.8) is 0 Å². The highest BCUT2D eigenvalue weighted by molar-refractivity contribution is 5.83. The molecule has 0 atom stereocenters. The molecule has 1 amide bonds. The third kappa shape index (κ3) is 3.29. The zero-order valence-electron chi connectivity index (χ0n) is 12.5. The average molecular weight is 267 g/mol. The molecule has 0 bridgehead atoms. The summed E-state index contributed by atoms with van der Waals surface area (Å²) in [5.74, 6) is 1.08. The van der Waals surface area contributed by atoms with Crippen LogP contribution in [0.3, 0.4) is 0 Å². The fourth-order valence-corrected chi connectivity index (χ4v) is 3.34. The number of rotatable bonds is 5. The van der Waals surface area contributed by atoms with Crippen molar-refractivity contribution in [3.8, 4) is 0 Å². The van der Waals surface area contributed by atoms with E-state index in [4.69, 9.17) is 5.73 Å². The highest BCUT2D eigenvalue weighted by Crippen LogP contribution is 2.41. The Bertz CT molecular complexity index is 301. The topological polar surface area (TPSA) is 49.6 Å². The molecule has 0 aromatic rings. The summed E-state index contributed by atoms with van der Waals surface area (Å²) in [6.07, 6.45) is 6.84. The van der Waals surface area contributed by atoms with Gasteiger partial charge in [-0.05, 0) is 58.2 Å². The monoisotopic (exact) mass is 267 g/mol. The molecule has 2 aliphatic rings. The summed E-state index contributed by atoms with van der Waals surface area (Å²) in [4.78, 5) is 16.8. The lowest BCUT2D eigenvalue weighted by Crippen LogP contribution is -2.51. The summed E-state index contributed by atoms with van der Waals surface area (Å²) in [6.45, 7) is 3.82. The molecule has 1 saturated heterocycles. The Hall–Kier alpha value is -0.610. The van der Waals surface area contributed by atoms with E-state index in [1.54, 1.807) is 0 Å². The molecule has 0 aromatic heterocycles. The first-order chi connectivity index (χ1) is 9.07. The largest absolute Gasteiger partial charge is 0.345 e. The van der Waals surface area contributed by atoms with Crippen molar-refractivity contribution in [2.75, 3.05) is 40.3 Å². The number of nitrogens with two attached hydrogens (primary N) is 1. The Morgan fingerprint density at radius 2 is 2.00 bits per heavy atom. The first kappa shape index (κ1) is 14.8. The number of piperidine rings is 1. The number of amides is 1. The van der Waals surface area contributed by atoms with Gasteiger partial charge in [0.2, 0.25) is 5.91 Å². The second-order valence-electron chi connectivity index (χ2n) is 6.60.